The number of rotatable bonds is 2. The summed E-state index contributed by atoms with van der Waals surface area (Å²) in [4.78, 5) is 13.8. The molecule has 4 nitrogen and oxygen atoms in total. The number of nitrogens with one attached hydrogen (secondary N) is 1. The van der Waals surface area contributed by atoms with Crippen LogP contribution in [-0.4, -0.2) is 42.1 Å². The van der Waals surface area contributed by atoms with Gasteiger partial charge < -0.3 is 15.3 Å². The Morgan fingerprint density at radius 1 is 1.44 bits per heavy atom. The van der Waals surface area contributed by atoms with Crippen molar-refractivity contribution in [2.24, 2.45) is 0 Å². The molecule has 0 unspecified atom stereocenters. The Hall–Kier alpha value is -1.62. The van der Waals surface area contributed by atoms with Crippen molar-refractivity contribution >= 4 is 5.91 Å². The van der Waals surface area contributed by atoms with E-state index in [4.69, 9.17) is 5.11 Å². The molecule has 2 N–H and O–H groups in total. The molecule has 0 bridgehead atoms. The van der Waals surface area contributed by atoms with Gasteiger partial charge in [0.15, 0.2) is 0 Å². The Bertz CT molecular complexity index is 445. The topological polar surface area (TPSA) is 52.6 Å². The number of hydrogen-bond acceptors (Lipinski definition) is 3. The quantitative estimate of drug-likeness (QED) is 0.835. The summed E-state index contributed by atoms with van der Waals surface area (Å²) in [6.07, 6.45) is 1.75. The van der Waals surface area contributed by atoms with Gasteiger partial charge in [-0.25, -0.2) is 4.39 Å². The van der Waals surface area contributed by atoms with E-state index in [0.29, 0.717) is 0 Å². The summed E-state index contributed by atoms with van der Waals surface area (Å²) in [5.74, 6) is -1.19. The van der Waals surface area contributed by atoms with E-state index >= 15 is 0 Å². The van der Waals surface area contributed by atoms with Crippen molar-refractivity contribution < 1.29 is 14.3 Å². The highest BCUT2D eigenvalue weighted by Crippen LogP contribution is 2.19. The molecule has 5 heteroatoms. The molecule has 18 heavy (non-hydrogen) atoms. The van der Waals surface area contributed by atoms with Crippen LogP contribution in [-0.2, 0) is 0 Å². The van der Waals surface area contributed by atoms with E-state index in [-0.39, 0.29) is 23.3 Å². The Morgan fingerprint density at radius 2 is 2.11 bits per heavy atom. The number of nitrogens with zero attached hydrogens (tertiary/aromatic N) is 1. The Labute approximate surface area is 105 Å². The van der Waals surface area contributed by atoms with Crippen LogP contribution in [0.2, 0.25) is 0 Å². The van der Waals surface area contributed by atoms with Crippen molar-refractivity contribution in [2.75, 3.05) is 20.1 Å². The zero-order valence-electron chi connectivity index (χ0n) is 10.3. The maximum absolute atomic E-state index is 13.6. The number of phenolic OH excluding ortho intramolecular Hbond substituents is 1. The summed E-state index contributed by atoms with van der Waals surface area (Å²) in [5.41, 5.74) is 0.00818. The normalized spacial score (nSPS) is 16.6. The van der Waals surface area contributed by atoms with Crippen molar-refractivity contribution in [1.29, 1.82) is 0 Å². The Balaban J connectivity index is 2.14. The minimum atomic E-state index is -0.680. The number of aromatic hydroxyl groups is 1. The average Bonchev–Trinajstić information content (AvgIpc) is 2.38. The lowest BCUT2D eigenvalue weighted by Gasteiger charge is -2.31. The third-order valence-electron chi connectivity index (χ3n) is 3.36. The number of phenols is 1. The van der Waals surface area contributed by atoms with Crippen LogP contribution >= 0.6 is 0 Å². The maximum atomic E-state index is 13.6. The van der Waals surface area contributed by atoms with E-state index in [1.165, 1.54) is 12.1 Å². The molecule has 0 aromatic heterocycles. The number of carbonyl (C=O) groups excluding carboxylic acids is 1. The summed E-state index contributed by atoms with van der Waals surface area (Å²) < 4.78 is 13.6. The van der Waals surface area contributed by atoms with Gasteiger partial charge >= 0.3 is 0 Å². The lowest BCUT2D eigenvalue weighted by Crippen LogP contribution is -2.44. The number of piperidine rings is 1. The Morgan fingerprint density at radius 3 is 2.72 bits per heavy atom. The second-order valence-electron chi connectivity index (χ2n) is 4.56. The largest absolute Gasteiger partial charge is 0.508 e. The molecule has 1 saturated heterocycles. The van der Waals surface area contributed by atoms with Gasteiger partial charge in [0.05, 0.1) is 5.56 Å². The first-order chi connectivity index (χ1) is 8.59. The second-order valence-corrected chi connectivity index (χ2v) is 4.56. The molecule has 0 aliphatic carbocycles. The molecule has 1 aromatic rings. The van der Waals surface area contributed by atoms with Crippen LogP contribution < -0.4 is 5.32 Å². The second kappa shape index (κ2) is 5.35. The van der Waals surface area contributed by atoms with Crippen LogP contribution in [0.25, 0.3) is 0 Å². The maximum Gasteiger partial charge on any atom is 0.256 e. The van der Waals surface area contributed by atoms with Gasteiger partial charge in [0.25, 0.3) is 5.91 Å². The van der Waals surface area contributed by atoms with E-state index in [0.717, 1.165) is 32.0 Å². The highest BCUT2D eigenvalue weighted by atomic mass is 19.1. The first-order valence-electron chi connectivity index (χ1n) is 6.06. The summed E-state index contributed by atoms with van der Waals surface area (Å²) in [6, 6.07) is 3.76. The van der Waals surface area contributed by atoms with E-state index < -0.39 is 5.82 Å². The molecular formula is C13H17FN2O2. The van der Waals surface area contributed by atoms with Crippen LogP contribution in [0.3, 0.4) is 0 Å². The number of amides is 1. The van der Waals surface area contributed by atoms with Crippen LogP contribution in [0.1, 0.15) is 23.2 Å². The lowest BCUT2D eigenvalue weighted by molar-refractivity contribution is 0.0698. The third-order valence-corrected chi connectivity index (χ3v) is 3.36. The van der Waals surface area contributed by atoms with Gasteiger partial charge in [-0.15, -0.1) is 0 Å². The number of carbonyl (C=O) groups is 1. The predicted octanol–water partition coefficient (Wildman–Crippen LogP) is 1.36. The van der Waals surface area contributed by atoms with Crippen molar-refractivity contribution in [1.82, 2.24) is 10.2 Å². The van der Waals surface area contributed by atoms with E-state index in [1.54, 1.807) is 11.9 Å². The molecule has 0 spiro atoms. The highest BCUT2D eigenvalue weighted by molar-refractivity contribution is 5.94. The fourth-order valence-corrected chi connectivity index (χ4v) is 2.23. The zero-order chi connectivity index (χ0) is 13.1. The zero-order valence-corrected chi connectivity index (χ0v) is 10.3. The summed E-state index contributed by atoms with van der Waals surface area (Å²) in [5, 5.41) is 12.4. The molecule has 1 amide bonds. The van der Waals surface area contributed by atoms with Crippen molar-refractivity contribution in [2.45, 2.75) is 18.9 Å². The van der Waals surface area contributed by atoms with Crippen molar-refractivity contribution in [3.05, 3.63) is 29.6 Å². The first-order valence-corrected chi connectivity index (χ1v) is 6.06. The SMILES string of the molecule is CN(C(=O)c1ccc(O)cc1F)C1CCNCC1. The minimum Gasteiger partial charge on any atom is -0.508 e. The van der Waals surface area contributed by atoms with Gasteiger partial charge in [-0.05, 0) is 38.1 Å². The molecule has 0 atom stereocenters. The number of benzene rings is 1. The molecule has 1 fully saturated rings. The van der Waals surface area contributed by atoms with E-state index in [2.05, 4.69) is 5.32 Å². The predicted molar refractivity (Wildman–Crippen MR) is 66.1 cm³/mol. The van der Waals surface area contributed by atoms with Crippen LogP contribution in [0.15, 0.2) is 18.2 Å². The molecule has 1 aliphatic heterocycles. The van der Waals surface area contributed by atoms with Gasteiger partial charge in [-0.2, -0.15) is 0 Å². The summed E-state index contributed by atoms with van der Waals surface area (Å²) >= 11 is 0. The van der Waals surface area contributed by atoms with Gasteiger partial charge in [0.1, 0.15) is 11.6 Å². The molecule has 2 rings (SSSR count). The molecule has 1 heterocycles. The van der Waals surface area contributed by atoms with Crippen LogP contribution in [0.5, 0.6) is 5.75 Å². The minimum absolute atomic E-state index is 0.00818. The summed E-state index contributed by atoms with van der Waals surface area (Å²) in [6.45, 7) is 1.75. The van der Waals surface area contributed by atoms with Crippen molar-refractivity contribution in [3.63, 3.8) is 0 Å². The molecule has 1 aromatic carbocycles. The van der Waals surface area contributed by atoms with Crippen molar-refractivity contribution in [3.8, 4) is 5.75 Å². The van der Waals surface area contributed by atoms with Gasteiger partial charge in [0, 0.05) is 19.2 Å². The standard InChI is InChI=1S/C13H17FN2O2/c1-16(9-4-6-15-7-5-9)13(18)11-3-2-10(17)8-12(11)14/h2-3,8-9,15,17H,4-7H2,1H3. The molecule has 0 saturated carbocycles. The number of hydrogen-bond donors (Lipinski definition) is 2. The molecule has 0 radical (unpaired) electrons. The van der Waals surface area contributed by atoms with Gasteiger partial charge in [0.2, 0.25) is 0 Å². The highest BCUT2D eigenvalue weighted by Gasteiger charge is 2.24. The monoisotopic (exact) mass is 252 g/mol. The van der Waals surface area contributed by atoms with E-state index in [1.807, 2.05) is 0 Å². The summed E-state index contributed by atoms with van der Waals surface area (Å²) in [7, 11) is 1.70. The van der Waals surface area contributed by atoms with Crippen LogP contribution in [0.4, 0.5) is 4.39 Å². The lowest BCUT2D eigenvalue weighted by atomic mass is 10.0. The number of halogens is 1. The third kappa shape index (κ3) is 2.61. The molecular weight excluding hydrogens is 235 g/mol. The van der Waals surface area contributed by atoms with E-state index in [9.17, 15) is 9.18 Å². The Kier molecular flexibility index (Phi) is 3.81. The average molecular weight is 252 g/mol. The smallest absolute Gasteiger partial charge is 0.256 e. The molecule has 1 aliphatic rings. The molecule has 98 valence electrons. The fourth-order valence-electron chi connectivity index (χ4n) is 2.23. The van der Waals surface area contributed by atoms with Crippen LogP contribution in [0, 0.1) is 5.82 Å². The van der Waals surface area contributed by atoms with Gasteiger partial charge in [-0.1, -0.05) is 0 Å². The first kappa shape index (κ1) is 12.8. The fraction of sp³-hybridized carbons (Fsp3) is 0.462. The van der Waals surface area contributed by atoms with Gasteiger partial charge in [-0.3, -0.25) is 4.79 Å².